The highest BCUT2D eigenvalue weighted by Crippen LogP contribution is 2.40. The number of likely N-dealkylation sites (N-methyl/N-ethyl adjacent to an activating group) is 1. The highest BCUT2D eigenvalue weighted by Gasteiger charge is 2.34. The lowest BCUT2D eigenvalue weighted by molar-refractivity contribution is -0.121. The van der Waals surface area contributed by atoms with E-state index < -0.39 is 12.3 Å². The fourth-order valence-corrected chi connectivity index (χ4v) is 4.09. The lowest BCUT2D eigenvalue weighted by atomic mass is 10.1. The maximum Gasteiger partial charge on any atom is 0.245 e. The van der Waals surface area contributed by atoms with Crippen LogP contribution >= 0.6 is 0 Å². The van der Waals surface area contributed by atoms with E-state index in [4.69, 9.17) is 4.74 Å². The molecular formula is C19H27N7O3. The summed E-state index contributed by atoms with van der Waals surface area (Å²) in [5, 5.41) is 22.6. The Morgan fingerprint density at radius 2 is 2.17 bits per heavy atom. The van der Waals surface area contributed by atoms with Crippen molar-refractivity contribution in [1.29, 1.82) is 0 Å². The van der Waals surface area contributed by atoms with Crippen LogP contribution in [0.4, 0.5) is 5.82 Å². The Labute approximate surface area is 168 Å². The van der Waals surface area contributed by atoms with Crippen LogP contribution in [0.1, 0.15) is 49.3 Å². The molecule has 0 bridgehead atoms. The summed E-state index contributed by atoms with van der Waals surface area (Å²) >= 11 is 0. The molecule has 3 atom stereocenters. The number of aliphatic hydroxyl groups excluding tert-OH is 1. The summed E-state index contributed by atoms with van der Waals surface area (Å²) in [4.78, 5) is 18.8. The second-order valence-electron chi connectivity index (χ2n) is 8.29. The highest BCUT2D eigenvalue weighted by atomic mass is 16.5. The van der Waals surface area contributed by atoms with Crippen LogP contribution in [0.2, 0.25) is 0 Å². The molecule has 1 saturated carbocycles. The van der Waals surface area contributed by atoms with E-state index in [1.54, 1.807) is 23.0 Å². The van der Waals surface area contributed by atoms with Gasteiger partial charge in [0.25, 0.3) is 0 Å². The molecule has 1 aliphatic carbocycles. The first kappa shape index (κ1) is 18.7. The van der Waals surface area contributed by atoms with Crippen molar-refractivity contribution in [3.8, 4) is 0 Å². The van der Waals surface area contributed by atoms with E-state index in [9.17, 15) is 9.90 Å². The first-order valence-electron chi connectivity index (χ1n) is 10.3. The number of fused-ring (bicyclic) bond motifs is 1. The SMILES string of the molecule is CN1C(=O)[C@@H](NC(O)c2ncn(CC3CCOC3)n2)CCn2nc(C3CC3)cc21. The fourth-order valence-electron chi connectivity index (χ4n) is 4.09. The van der Waals surface area contributed by atoms with Gasteiger partial charge in [-0.2, -0.15) is 10.2 Å². The van der Waals surface area contributed by atoms with Crippen LogP contribution in [0.25, 0.3) is 0 Å². The number of rotatable bonds is 6. The summed E-state index contributed by atoms with van der Waals surface area (Å²) in [5.41, 5.74) is 1.08. The van der Waals surface area contributed by atoms with Crippen molar-refractivity contribution in [2.45, 2.75) is 57.0 Å². The molecule has 0 spiro atoms. The lowest BCUT2D eigenvalue weighted by Crippen LogP contribution is -2.45. The van der Waals surface area contributed by atoms with Crippen LogP contribution in [0.3, 0.4) is 0 Å². The molecule has 4 heterocycles. The Morgan fingerprint density at radius 3 is 2.93 bits per heavy atom. The van der Waals surface area contributed by atoms with Gasteiger partial charge in [0.1, 0.15) is 12.1 Å². The Bertz CT molecular complexity index is 884. The van der Waals surface area contributed by atoms with Gasteiger partial charge in [-0.05, 0) is 25.7 Å². The predicted octanol–water partition coefficient (Wildman–Crippen LogP) is 0.404. The van der Waals surface area contributed by atoms with Crippen LogP contribution in [0.15, 0.2) is 12.4 Å². The number of hydrogen-bond acceptors (Lipinski definition) is 7. The third-order valence-electron chi connectivity index (χ3n) is 6.00. The number of carbonyl (C=O) groups excluding carboxylic acids is 1. The van der Waals surface area contributed by atoms with Crippen molar-refractivity contribution in [3.05, 3.63) is 23.9 Å². The number of nitrogens with zero attached hydrogens (tertiary/aromatic N) is 6. The van der Waals surface area contributed by atoms with Gasteiger partial charge in [-0.25, -0.2) is 9.67 Å². The first-order valence-corrected chi connectivity index (χ1v) is 10.3. The topological polar surface area (TPSA) is 110 Å². The molecule has 2 fully saturated rings. The monoisotopic (exact) mass is 401 g/mol. The average Bonchev–Trinajstić information content (AvgIpc) is 3.11. The number of aliphatic hydroxyl groups is 1. The normalized spacial score (nSPS) is 25.9. The third kappa shape index (κ3) is 3.79. The molecule has 2 unspecified atom stereocenters. The standard InChI is InChI=1S/C19H27N7O3/c1-24-16-8-15(13-2-3-13)22-26(16)6-4-14(19(24)28)21-18(27)17-20-11-25(23-17)9-12-5-7-29-10-12/h8,11-14,18,21,27H,2-7,9-10H2,1H3/t12?,14-,18?/m0/s1. The number of aryl methyl sites for hydroxylation is 1. The number of ether oxygens (including phenoxy) is 1. The van der Waals surface area contributed by atoms with Crippen molar-refractivity contribution in [2.24, 2.45) is 5.92 Å². The van der Waals surface area contributed by atoms with Crippen molar-refractivity contribution in [3.63, 3.8) is 0 Å². The number of hydrogen-bond donors (Lipinski definition) is 2. The maximum absolute atomic E-state index is 13.0. The van der Waals surface area contributed by atoms with Crippen LogP contribution in [-0.2, 0) is 22.6 Å². The lowest BCUT2D eigenvalue weighted by Gasteiger charge is -2.22. The van der Waals surface area contributed by atoms with Gasteiger partial charge in [-0.15, -0.1) is 0 Å². The number of nitrogens with one attached hydrogen (secondary N) is 1. The summed E-state index contributed by atoms with van der Waals surface area (Å²) in [6.07, 6.45) is 4.42. The molecule has 3 aliphatic rings. The summed E-state index contributed by atoms with van der Waals surface area (Å²) in [6, 6.07) is 1.49. The summed E-state index contributed by atoms with van der Waals surface area (Å²) in [6.45, 7) is 2.85. The predicted molar refractivity (Wildman–Crippen MR) is 103 cm³/mol. The first-order chi connectivity index (χ1) is 14.1. The minimum Gasteiger partial charge on any atom is -0.381 e. The Kier molecular flexibility index (Phi) is 4.84. The van der Waals surface area contributed by atoms with Gasteiger partial charge in [0.2, 0.25) is 5.91 Å². The second-order valence-corrected chi connectivity index (χ2v) is 8.29. The number of anilines is 1. The molecule has 10 nitrogen and oxygen atoms in total. The summed E-state index contributed by atoms with van der Waals surface area (Å²) in [5.74, 6) is 1.97. The van der Waals surface area contributed by atoms with Crippen LogP contribution in [0.5, 0.6) is 0 Å². The number of carbonyl (C=O) groups is 1. The molecule has 1 amide bonds. The van der Waals surface area contributed by atoms with Crippen molar-refractivity contribution >= 4 is 11.7 Å². The minimum atomic E-state index is -1.11. The molecule has 156 valence electrons. The smallest absolute Gasteiger partial charge is 0.245 e. The van der Waals surface area contributed by atoms with E-state index in [-0.39, 0.29) is 11.7 Å². The van der Waals surface area contributed by atoms with Gasteiger partial charge in [-0.1, -0.05) is 0 Å². The molecule has 29 heavy (non-hydrogen) atoms. The van der Waals surface area contributed by atoms with Crippen molar-refractivity contribution in [2.75, 3.05) is 25.2 Å². The number of amides is 1. The molecule has 5 rings (SSSR count). The highest BCUT2D eigenvalue weighted by molar-refractivity contribution is 5.96. The molecule has 2 aromatic rings. The number of aromatic nitrogens is 5. The molecule has 10 heteroatoms. The largest absolute Gasteiger partial charge is 0.381 e. The van der Waals surface area contributed by atoms with Crippen LogP contribution in [0, 0.1) is 5.92 Å². The average molecular weight is 401 g/mol. The van der Waals surface area contributed by atoms with Gasteiger partial charge in [-0.3, -0.25) is 19.7 Å². The van der Waals surface area contributed by atoms with E-state index in [1.807, 2.05) is 10.7 Å². The zero-order valence-electron chi connectivity index (χ0n) is 16.6. The van der Waals surface area contributed by atoms with Crippen molar-refractivity contribution < 1.29 is 14.6 Å². The van der Waals surface area contributed by atoms with E-state index >= 15 is 0 Å². The quantitative estimate of drug-likeness (QED) is 0.674. The maximum atomic E-state index is 13.0. The molecule has 1 saturated heterocycles. The van der Waals surface area contributed by atoms with Gasteiger partial charge < -0.3 is 9.84 Å². The zero-order valence-corrected chi connectivity index (χ0v) is 16.6. The van der Waals surface area contributed by atoms with Gasteiger partial charge in [0, 0.05) is 44.6 Å². The van der Waals surface area contributed by atoms with Gasteiger partial charge in [0.05, 0.1) is 18.3 Å². The second kappa shape index (κ2) is 7.51. The molecule has 0 radical (unpaired) electrons. The van der Waals surface area contributed by atoms with Crippen LogP contribution in [-0.4, -0.2) is 61.9 Å². The Balaban J connectivity index is 1.23. The Hall–Kier alpha value is -2.30. The molecule has 0 aromatic carbocycles. The summed E-state index contributed by atoms with van der Waals surface area (Å²) < 4.78 is 9.02. The van der Waals surface area contributed by atoms with E-state index in [0.29, 0.717) is 24.8 Å². The molecule has 2 aliphatic heterocycles. The van der Waals surface area contributed by atoms with E-state index in [0.717, 1.165) is 37.7 Å². The molecule has 2 aromatic heterocycles. The zero-order chi connectivity index (χ0) is 20.0. The molecular weight excluding hydrogens is 374 g/mol. The molecule has 2 N–H and O–H groups in total. The van der Waals surface area contributed by atoms with E-state index in [1.165, 1.54) is 12.8 Å². The van der Waals surface area contributed by atoms with Crippen molar-refractivity contribution in [1.82, 2.24) is 29.9 Å². The van der Waals surface area contributed by atoms with Gasteiger partial charge >= 0.3 is 0 Å². The minimum absolute atomic E-state index is 0.0902. The fraction of sp³-hybridized carbons (Fsp3) is 0.684. The Morgan fingerprint density at radius 1 is 1.31 bits per heavy atom. The summed E-state index contributed by atoms with van der Waals surface area (Å²) in [7, 11) is 1.76. The van der Waals surface area contributed by atoms with Crippen LogP contribution < -0.4 is 10.2 Å². The van der Waals surface area contributed by atoms with Gasteiger partial charge in [0.15, 0.2) is 12.1 Å². The third-order valence-corrected chi connectivity index (χ3v) is 6.00. The van der Waals surface area contributed by atoms with E-state index in [2.05, 4.69) is 20.5 Å².